The molecule has 2 atom stereocenters. The number of halogens is 1. The lowest BCUT2D eigenvalue weighted by Crippen LogP contribution is -2.25. The van der Waals surface area contributed by atoms with E-state index in [9.17, 15) is 12.8 Å². The van der Waals surface area contributed by atoms with Gasteiger partial charge in [-0.25, -0.2) is 13.4 Å². The number of aromatic nitrogens is 1. The predicted molar refractivity (Wildman–Crippen MR) is 97.3 cm³/mol. The summed E-state index contributed by atoms with van der Waals surface area (Å²) in [5.41, 5.74) is 2.47. The van der Waals surface area contributed by atoms with E-state index in [1.807, 2.05) is 18.2 Å². The van der Waals surface area contributed by atoms with Crippen molar-refractivity contribution in [1.82, 2.24) is 9.88 Å². The van der Waals surface area contributed by atoms with Crippen molar-refractivity contribution in [1.29, 1.82) is 0 Å². The first kappa shape index (κ1) is 16.6. The summed E-state index contributed by atoms with van der Waals surface area (Å²) in [5.74, 6) is 0.235. The van der Waals surface area contributed by atoms with Gasteiger partial charge in [-0.15, -0.1) is 0 Å². The number of pyridine rings is 1. The van der Waals surface area contributed by atoms with E-state index < -0.39 is 21.0 Å². The summed E-state index contributed by atoms with van der Waals surface area (Å²) in [6, 6.07) is 12.1. The van der Waals surface area contributed by atoms with Crippen molar-refractivity contribution >= 4 is 9.84 Å². The molecule has 0 N–H and O–H groups in total. The summed E-state index contributed by atoms with van der Waals surface area (Å²) >= 11 is 0. The molecule has 7 heteroatoms. The zero-order chi connectivity index (χ0) is 18.6. The molecule has 2 aliphatic rings. The number of benzene rings is 1. The van der Waals surface area contributed by atoms with Crippen LogP contribution < -0.4 is 0 Å². The summed E-state index contributed by atoms with van der Waals surface area (Å²) in [5, 5.41) is -0.427. The first-order valence-electron chi connectivity index (χ1n) is 8.77. The zero-order valence-electron chi connectivity index (χ0n) is 14.4. The maximum atomic E-state index is 13.1. The van der Waals surface area contributed by atoms with Crippen LogP contribution in [0.15, 0.2) is 64.2 Å². The number of likely N-dealkylation sites (tertiary alicyclic amines) is 1. The van der Waals surface area contributed by atoms with Gasteiger partial charge >= 0.3 is 0 Å². The molecule has 1 aromatic carbocycles. The van der Waals surface area contributed by atoms with Gasteiger partial charge in [-0.3, -0.25) is 4.90 Å². The molecule has 0 unspecified atom stereocenters. The van der Waals surface area contributed by atoms with E-state index >= 15 is 0 Å². The van der Waals surface area contributed by atoms with Gasteiger partial charge in [0.1, 0.15) is 5.76 Å². The number of rotatable bonds is 3. The third-order valence-electron chi connectivity index (χ3n) is 5.48. The van der Waals surface area contributed by atoms with Gasteiger partial charge in [0.15, 0.2) is 9.84 Å². The Hall–Kier alpha value is -2.51. The van der Waals surface area contributed by atoms with E-state index in [1.165, 1.54) is 12.3 Å². The zero-order valence-corrected chi connectivity index (χ0v) is 15.2. The van der Waals surface area contributed by atoms with E-state index in [0.29, 0.717) is 24.5 Å². The Morgan fingerprint density at radius 3 is 2.74 bits per heavy atom. The minimum Gasteiger partial charge on any atom is -0.468 e. The van der Waals surface area contributed by atoms with Crippen LogP contribution in [0.3, 0.4) is 0 Å². The number of nitrogens with zero attached hydrogens (tertiary/aromatic N) is 2. The Bertz CT molecular complexity index is 1090. The molecule has 1 fully saturated rings. The molecule has 138 valence electrons. The van der Waals surface area contributed by atoms with Crippen molar-refractivity contribution in [2.45, 2.75) is 22.6 Å². The first-order valence-corrected chi connectivity index (χ1v) is 10.3. The highest BCUT2D eigenvalue weighted by molar-refractivity contribution is 7.92. The second kappa shape index (κ2) is 6.00. The second-order valence-corrected chi connectivity index (χ2v) is 9.22. The highest BCUT2D eigenvalue weighted by Gasteiger charge is 2.50. The summed E-state index contributed by atoms with van der Waals surface area (Å²) < 4.78 is 44.5. The number of furan rings is 1. The van der Waals surface area contributed by atoms with Crippen LogP contribution in [0.4, 0.5) is 4.39 Å². The van der Waals surface area contributed by atoms with Crippen molar-refractivity contribution < 1.29 is 17.2 Å². The Labute approximate surface area is 156 Å². The largest absolute Gasteiger partial charge is 0.468 e. The van der Waals surface area contributed by atoms with E-state index in [2.05, 4.69) is 9.88 Å². The van der Waals surface area contributed by atoms with E-state index in [0.717, 1.165) is 22.5 Å². The average molecular weight is 384 g/mol. The fraction of sp³-hybridized carbons (Fsp3) is 0.250. The second-order valence-electron chi connectivity index (χ2n) is 7.09. The smallest absolute Gasteiger partial charge is 0.212 e. The summed E-state index contributed by atoms with van der Waals surface area (Å²) in [7, 11) is -3.35. The van der Waals surface area contributed by atoms with Crippen LogP contribution in [0.2, 0.25) is 0 Å². The minimum absolute atomic E-state index is 0.0617. The molecule has 0 bridgehead atoms. The maximum Gasteiger partial charge on any atom is 0.212 e. The number of fused-ring (bicyclic) bond motifs is 3. The molecule has 27 heavy (non-hydrogen) atoms. The monoisotopic (exact) mass is 384 g/mol. The van der Waals surface area contributed by atoms with Crippen LogP contribution in [0.5, 0.6) is 0 Å². The molecule has 3 aromatic rings. The summed E-state index contributed by atoms with van der Waals surface area (Å²) in [4.78, 5) is 6.25. The molecule has 0 radical (unpaired) electrons. The van der Waals surface area contributed by atoms with Crippen LogP contribution in [0, 0.1) is 5.95 Å². The maximum absolute atomic E-state index is 13.1. The van der Waals surface area contributed by atoms with Crippen molar-refractivity contribution in [2.75, 3.05) is 13.1 Å². The lowest BCUT2D eigenvalue weighted by Gasteiger charge is -2.16. The molecule has 2 aromatic heterocycles. The van der Waals surface area contributed by atoms with Crippen LogP contribution in [-0.2, 0) is 16.4 Å². The molecule has 5 rings (SSSR count). The molecule has 5 nitrogen and oxygen atoms in total. The molecule has 1 saturated heterocycles. The minimum atomic E-state index is -3.35. The van der Waals surface area contributed by atoms with E-state index in [4.69, 9.17) is 4.42 Å². The normalized spacial score (nSPS) is 23.3. The quantitative estimate of drug-likeness (QED) is 0.649. The molecular formula is C20H17FN2O3S. The SMILES string of the molecule is O=S1(=O)c2ccc(-c3ccc(F)nc3)cc2[C@H]2CN(Cc3ccco3)C[C@H]21. The van der Waals surface area contributed by atoms with Crippen molar-refractivity contribution in [3.05, 3.63) is 72.2 Å². The van der Waals surface area contributed by atoms with Gasteiger partial charge in [-0.2, -0.15) is 4.39 Å². The number of sulfone groups is 1. The van der Waals surface area contributed by atoms with Crippen LogP contribution in [0.25, 0.3) is 11.1 Å². The molecular weight excluding hydrogens is 367 g/mol. The molecule has 0 saturated carbocycles. The van der Waals surface area contributed by atoms with Crippen LogP contribution in [-0.4, -0.2) is 36.6 Å². The highest BCUT2D eigenvalue weighted by atomic mass is 32.2. The molecule has 0 amide bonds. The average Bonchev–Trinajstić information content (AvgIpc) is 3.35. The summed E-state index contributed by atoms with van der Waals surface area (Å²) in [6.07, 6.45) is 3.09. The molecule has 0 aliphatic carbocycles. The fourth-order valence-electron chi connectivity index (χ4n) is 4.20. The molecule has 0 spiro atoms. The Balaban J connectivity index is 1.50. The lowest BCUT2D eigenvalue weighted by molar-refractivity contribution is 0.293. The third kappa shape index (κ3) is 2.69. The van der Waals surface area contributed by atoms with Crippen LogP contribution in [0.1, 0.15) is 17.2 Å². The predicted octanol–water partition coefficient (Wildman–Crippen LogP) is 3.24. The van der Waals surface area contributed by atoms with Gasteiger partial charge in [-0.1, -0.05) is 6.07 Å². The van der Waals surface area contributed by atoms with Gasteiger partial charge in [0.25, 0.3) is 0 Å². The fourth-order valence-corrected chi connectivity index (χ4v) is 6.40. The van der Waals surface area contributed by atoms with Gasteiger partial charge in [0, 0.05) is 30.8 Å². The lowest BCUT2D eigenvalue weighted by atomic mass is 9.95. The Morgan fingerprint density at radius 1 is 1.15 bits per heavy atom. The number of hydrogen-bond acceptors (Lipinski definition) is 5. The summed E-state index contributed by atoms with van der Waals surface area (Å²) in [6.45, 7) is 1.77. The number of hydrogen-bond donors (Lipinski definition) is 0. The standard InChI is InChI=1S/C20H17FN2O3S/c21-20-6-4-14(9-22-20)13-3-5-18-16(8-13)17-11-23(10-15-2-1-7-26-15)12-19(17)27(18,24)25/h1-9,17,19H,10-12H2/t17-,19-/m1/s1. The Morgan fingerprint density at radius 2 is 2.00 bits per heavy atom. The van der Waals surface area contributed by atoms with Gasteiger partial charge in [0.05, 0.1) is 23.0 Å². The Kier molecular flexibility index (Phi) is 3.70. The third-order valence-corrected chi connectivity index (χ3v) is 7.74. The van der Waals surface area contributed by atoms with Crippen molar-refractivity contribution in [2.24, 2.45) is 0 Å². The van der Waals surface area contributed by atoms with Crippen LogP contribution >= 0.6 is 0 Å². The molecule has 2 aliphatic heterocycles. The molecule has 4 heterocycles. The van der Waals surface area contributed by atoms with E-state index in [-0.39, 0.29) is 5.92 Å². The topological polar surface area (TPSA) is 63.4 Å². The first-order chi connectivity index (χ1) is 13.0. The van der Waals surface area contributed by atoms with Gasteiger partial charge in [-0.05, 0) is 47.5 Å². The van der Waals surface area contributed by atoms with Gasteiger partial charge in [0.2, 0.25) is 5.95 Å². The van der Waals surface area contributed by atoms with E-state index in [1.54, 1.807) is 24.5 Å². The van der Waals surface area contributed by atoms with Crippen molar-refractivity contribution in [3.63, 3.8) is 0 Å². The van der Waals surface area contributed by atoms with Crippen molar-refractivity contribution in [3.8, 4) is 11.1 Å². The van der Waals surface area contributed by atoms with Gasteiger partial charge < -0.3 is 4.42 Å². The highest BCUT2D eigenvalue weighted by Crippen LogP contribution is 2.46.